The van der Waals surface area contributed by atoms with Crippen molar-refractivity contribution in [2.24, 2.45) is 0 Å². The smallest absolute Gasteiger partial charge is 0.410 e. The Labute approximate surface area is 281 Å². The second kappa shape index (κ2) is 12.4. The van der Waals surface area contributed by atoms with Crippen LogP contribution in [0.3, 0.4) is 0 Å². The van der Waals surface area contributed by atoms with E-state index in [1.54, 1.807) is 17.3 Å². The fourth-order valence-electron chi connectivity index (χ4n) is 7.91. The van der Waals surface area contributed by atoms with Crippen molar-refractivity contribution in [2.75, 3.05) is 12.3 Å². The van der Waals surface area contributed by atoms with Gasteiger partial charge in [-0.05, 0) is 57.1 Å². The molecule has 3 fully saturated rings. The highest BCUT2D eigenvalue weighted by molar-refractivity contribution is 6.00. The maximum Gasteiger partial charge on any atom is 0.410 e. The second-order valence-electron chi connectivity index (χ2n) is 13.1. The summed E-state index contributed by atoms with van der Waals surface area (Å²) in [5.74, 6) is 0.0702. The van der Waals surface area contributed by atoms with Gasteiger partial charge >= 0.3 is 6.09 Å². The monoisotopic (exact) mass is 660 g/mol. The third kappa shape index (κ3) is 5.46. The number of aromatic amines is 1. The highest BCUT2D eigenvalue weighted by Crippen LogP contribution is 2.45. The Bertz CT molecular complexity index is 2010. The van der Waals surface area contributed by atoms with Crippen molar-refractivity contribution in [3.05, 3.63) is 89.5 Å². The zero-order valence-corrected chi connectivity index (χ0v) is 27.0. The molecule has 4 aromatic heterocycles. The Kier molecular flexibility index (Phi) is 7.77. The highest BCUT2D eigenvalue weighted by atomic mass is 16.6. The van der Waals surface area contributed by atoms with Gasteiger partial charge in [0.25, 0.3) is 5.91 Å². The number of anilines is 1. The summed E-state index contributed by atoms with van der Waals surface area (Å²) >= 11 is 0. The molecule has 4 atom stereocenters. The summed E-state index contributed by atoms with van der Waals surface area (Å²) < 4.78 is 7.14. The van der Waals surface area contributed by atoms with Gasteiger partial charge in [0.15, 0.2) is 11.4 Å². The number of H-pyrrole nitrogens is 1. The number of likely N-dealkylation sites (tertiary alicyclic amines) is 1. The van der Waals surface area contributed by atoms with Crippen molar-refractivity contribution in [3.8, 4) is 11.1 Å². The van der Waals surface area contributed by atoms with Crippen LogP contribution in [0.15, 0.2) is 61.2 Å². The van der Waals surface area contributed by atoms with Gasteiger partial charge in [-0.15, -0.1) is 0 Å². The highest BCUT2D eigenvalue weighted by Gasteiger charge is 2.46. The van der Waals surface area contributed by atoms with Crippen molar-refractivity contribution >= 4 is 29.2 Å². The summed E-state index contributed by atoms with van der Waals surface area (Å²) in [5.41, 5.74) is 11.4. The third-order valence-electron chi connectivity index (χ3n) is 10.2. The Morgan fingerprint density at radius 1 is 1.00 bits per heavy atom. The van der Waals surface area contributed by atoms with E-state index in [2.05, 4.69) is 20.3 Å². The summed E-state index contributed by atoms with van der Waals surface area (Å²) in [6, 6.07) is 13.3. The SMILES string of the molecule is CC(=O)c1c(C2C[C@H]3CC[C@@H](C2)N3C(=O)c2ncn[nH]2)nc2c(-c3ccc(C4CCCN4C(=O)OCc4ccccc4)nc3)cnn2c1N. The molecule has 2 bridgehead atoms. The fraction of sp³-hybridized carbons (Fsp3) is 0.371. The van der Waals surface area contributed by atoms with Crippen LogP contribution >= 0.6 is 0 Å². The number of hydrogen-bond acceptors (Lipinski definition) is 10. The maximum atomic E-state index is 13.2. The molecule has 0 spiro atoms. The van der Waals surface area contributed by atoms with Gasteiger partial charge in [0, 0.05) is 41.9 Å². The topological polar surface area (TPSA) is 178 Å². The molecule has 7 heterocycles. The van der Waals surface area contributed by atoms with Crippen molar-refractivity contribution in [3.63, 3.8) is 0 Å². The summed E-state index contributed by atoms with van der Waals surface area (Å²) in [5, 5.41) is 11.1. The molecule has 49 heavy (non-hydrogen) atoms. The maximum absolute atomic E-state index is 13.2. The summed E-state index contributed by atoms with van der Waals surface area (Å²) in [6.45, 7) is 2.32. The molecular formula is C35H36N10O4. The number of ketones is 1. The number of benzene rings is 1. The average Bonchev–Trinajstić information content (AvgIpc) is 3.94. The molecular weight excluding hydrogens is 624 g/mol. The van der Waals surface area contributed by atoms with E-state index in [1.807, 2.05) is 47.4 Å². The van der Waals surface area contributed by atoms with E-state index in [1.165, 1.54) is 17.8 Å². The van der Waals surface area contributed by atoms with Crippen LogP contribution in [-0.2, 0) is 11.3 Å². The van der Waals surface area contributed by atoms with Crippen LogP contribution in [0.5, 0.6) is 0 Å². The van der Waals surface area contributed by atoms with Crippen LogP contribution in [0.4, 0.5) is 10.6 Å². The minimum absolute atomic E-state index is 0.00712. The number of aromatic nitrogens is 7. The molecule has 2 unspecified atom stereocenters. The van der Waals surface area contributed by atoms with E-state index in [4.69, 9.17) is 20.4 Å². The number of ether oxygens (including phenoxy) is 1. The number of pyridine rings is 1. The van der Waals surface area contributed by atoms with Crippen molar-refractivity contribution < 1.29 is 19.1 Å². The first-order chi connectivity index (χ1) is 23.9. The molecule has 5 aromatic rings. The average molecular weight is 661 g/mol. The van der Waals surface area contributed by atoms with Gasteiger partial charge in [-0.2, -0.15) is 14.7 Å². The number of carbonyl (C=O) groups excluding carboxylic acids is 3. The number of nitrogens with zero attached hydrogens (tertiary/aromatic N) is 8. The van der Waals surface area contributed by atoms with E-state index in [-0.39, 0.29) is 60.1 Å². The number of nitrogen functional groups attached to an aromatic ring is 1. The Morgan fingerprint density at radius 2 is 1.80 bits per heavy atom. The number of amides is 2. The predicted molar refractivity (Wildman–Crippen MR) is 177 cm³/mol. The largest absolute Gasteiger partial charge is 0.445 e. The molecule has 3 saturated heterocycles. The first-order valence-electron chi connectivity index (χ1n) is 16.7. The molecule has 8 rings (SSSR count). The van der Waals surface area contributed by atoms with Gasteiger partial charge in [-0.1, -0.05) is 36.4 Å². The Balaban J connectivity index is 1.05. The number of nitrogens with one attached hydrogen (secondary N) is 1. The van der Waals surface area contributed by atoms with Crippen LogP contribution < -0.4 is 5.73 Å². The molecule has 0 aliphatic carbocycles. The molecule has 1 aromatic carbocycles. The zero-order valence-electron chi connectivity index (χ0n) is 27.0. The van der Waals surface area contributed by atoms with Crippen LogP contribution in [0.25, 0.3) is 16.8 Å². The Morgan fingerprint density at radius 3 is 2.49 bits per heavy atom. The second-order valence-corrected chi connectivity index (χ2v) is 13.1. The number of hydrogen-bond donors (Lipinski definition) is 2. The number of Topliss-reactive ketones (excluding diaryl/α,β-unsaturated/α-hetero) is 1. The van der Waals surface area contributed by atoms with Crippen molar-refractivity contribution in [2.45, 2.75) is 76.1 Å². The number of rotatable bonds is 7. The van der Waals surface area contributed by atoms with Gasteiger partial charge < -0.3 is 15.4 Å². The molecule has 2 amide bonds. The number of nitrogens with two attached hydrogens (primary N) is 1. The molecule has 14 nitrogen and oxygen atoms in total. The van der Waals surface area contributed by atoms with E-state index < -0.39 is 0 Å². The van der Waals surface area contributed by atoms with E-state index in [0.29, 0.717) is 36.3 Å². The normalized spacial score (nSPS) is 21.7. The molecule has 3 N–H and O–H groups in total. The molecule has 250 valence electrons. The first-order valence-corrected chi connectivity index (χ1v) is 16.7. The van der Waals surface area contributed by atoms with Gasteiger partial charge in [-0.3, -0.25) is 24.6 Å². The number of piperidine rings is 1. The lowest BCUT2D eigenvalue weighted by Crippen LogP contribution is -2.46. The molecule has 14 heteroatoms. The predicted octanol–water partition coefficient (Wildman–Crippen LogP) is 4.72. The molecule has 0 radical (unpaired) electrons. The van der Waals surface area contributed by atoms with Crippen LogP contribution in [0, 0.1) is 0 Å². The van der Waals surface area contributed by atoms with Crippen LogP contribution in [0.1, 0.15) is 95.3 Å². The van der Waals surface area contributed by atoms with Crippen LogP contribution in [-0.4, -0.2) is 81.0 Å². The van der Waals surface area contributed by atoms with Crippen molar-refractivity contribution in [1.82, 2.24) is 44.6 Å². The lowest BCUT2D eigenvalue weighted by Gasteiger charge is -2.38. The summed E-state index contributed by atoms with van der Waals surface area (Å²) in [6.07, 6.45) is 9.15. The van der Waals surface area contributed by atoms with Crippen molar-refractivity contribution in [1.29, 1.82) is 0 Å². The molecule has 3 aliphatic rings. The zero-order chi connectivity index (χ0) is 33.6. The molecule has 0 saturated carbocycles. The fourth-order valence-corrected chi connectivity index (χ4v) is 7.91. The summed E-state index contributed by atoms with van der Waals surface area (Å²) in [4.78, 5) is 56.9. The lowest BCUT2D eigenvalue weighted by atomic mass is 9.85. The summed E-state index contributed by atoms with van der Waals surface area (Å²) in [7, 11) is 0. The minimum Gasteiger partial charge on any atom is -0.445 e. The first kappa shape index (κ1) is 30.7. The van der Waals surface area contributed by atoms with Gasteiger partial charge in [0.1, 0.15) is 18.8 Å². The van der Waals surface area contributed by atoms with Gasteiger partial charge in [0.2, 0.25) is 5.82 Å². The number of carbonyl (C=O) groups is 3. The quantitative estimate of drug-likeness (QED) is 0.232. The van der Waals surface area contributed by atoms with E-state index in [0.717, 1.165) is 48.1 Å². The third-order valence-corrected chi connectivity index (χ3v) is 10.2. The van der Waals surface area contributed by atoms with Crippen LogP contribution in [0.2, 0.25) is 0 Å². The van der Waals surface area contributed by atoms with E-state index in [9.17, 15) is 14.4 Å². The standard InChI is InChI=1S/C35H36N10O4/c1-20(46)29-30(23-14-24-10-11-25(15-23)44(24)34(47)32-38-19-39-42-32)41-33-26(17-40-45(33)31(29)36)22-9-12-27(37-16-22)28-8-5-13-43(28)35(48)49-18-21-6-3-2-4-7-21/h2-4,6-7,9,12,16-17,19,23-25,28H,5,8,10-11,13-15,18,36H2,1H3,(H,38,39,42)/t23?,24-,25+,28?. The minimum atomic E-state index is -0.352. The van der Waals surface area contributed by atoms with E-state index >= 15 is 0 Å². The lowest BCUT2D eigenvalue weighted by molar-refractivity contribution is 0.0556. The number of fused-ring (bicyclic) bond motifs is 3. The van der Waals surface area contributed by atoms with Gasteiger partial charge in [0.05, 0.1) is 29.2 Å². The molecule has 3 aliphatic heterocycles. The Hall–Kier alpha value is -5.66. The van der Waals surface area contributed by atoms with Gasteiger partial charge in [-0.25, -0.2) is 14.8 Å².